The second kappa shape index (κ2) is 11.0. The smallest absolute Gasteiger partial charge is 0.264 e. The van der Waals surface area contributed by atoms with Crippen molar-refractivity contribution in [3.8, 4) is 11.5 Å². The molecule has 1 fully saturated rings. The van der Waals surface area contributed by atoms with Crippen LogP contribution in [0, 0.1) is 0 Å². The normalized spacial score (nSPS) is 14.2. The maximum absolute atomic E-state index is 13.5. The SMILES string of the molecule is COc1ccc(OC)c(N(CC(=O)NN=C2CCCCCC2)S(=O)(=O)c2ccccc2)c1. The molecule has 1 amide bonds. The highest BCUT2D eigenvalue weighted by Gasteiger charge is 2.30. The fraction of sp³-hybridized carbons (Fsp3) is 0.391. The summed E-state index contributed by atoms with van der Waals surface area (Å²) in [6, 6.07) is 12.8. The Balaban J connectivity index is 1.94. The molecule has 9 heteroatoms. The quantitative estimate of drug-likeness (QED) is 0.479. The number of nitrogens with one attached hydrogen (secondary N) is 1. The molecule has 0 spiro atoms. The number of ether oxygens (including phenoxy) is 2. The van der Waals surface area contributed by atoms with Gasteiger partial charge in [-0.15, -0.1) is 0 Å². The Morgan fingerprint density at radius 3 is 2.31 bits per heavy atom. The summed E-state index contributed by atoms with van der Waals surface area (Å²) >= 11 is 0. The molecule has 0 atom stereocenters. The van der Waals surface area contributed by atoms with E-state index in [0.29, 0.717) is 11.5 Å². The monoisotopic (exact) mass is 459 g/mol. The molecular formula is C23H29N3O5S. The summed E-state index contributed by atoms with van der Waals surface area (Å²) in [6.07, 6.45) is 6.10. The van der Waals surface area contributed by atoms with Crippen LogP contribution in [0.2, 0.25) is 0 Å². The molecule has 1 N–H and O–H groups in total. The number of rotatable bonds is 8. The molecule has 3 rings (SSSR count). The molecule has 32 heavy (non-hydrogen) atoms. The van der Waals surface area contributed by atoms with E-state index in [0.717, 1.165) is 48.5 Å². The number of carbonyl (C=O) groups excluding carboxylic acids is 1. The van der Waals surface area contributed by atoms with Gasteiger partial charge in [0.25, 0.3) is 15.9 Å². The highest BCUT2D eigenvalue weighted by atomic mass is 32.2. The number of hydrazone groups is 1. The van der Waals surface area contributed by atoms with E-state index in [2.05, 4.69) is 10.5 Å². The van der Waals surface area contributed by atoms with Gasteiger partial charge in [0.1, 0.15) is 18.0 Å². The number of hydrogen-bond acceptors (Lipinski definition) is 6. The van der Waals surface area contributed by atoms with E-state index in [1.54, 1.807) is 30.3 Å². The van der Waals surface area contributed by atoms with Gasteiger partial charge in [-0.1, -0.05) is 31.0 Å². The summed E-state index contributed by atoms with van der Waals surface area (Å²) in [5, 5.41) is 4.26. The summed E-state index contributed by atoms with van der Waals surface area (Å²) < 4.78 is 38.7. The van der Waals surface area contributed by atoms with E-state index in [4.69, 9.17) is 9.47 Å². The molecule has 0 heterocycles. The molecule has 0 unspecified atom stereocenters. The van der Waals surface area contributed by atoms with Gasteiger partial charge in [0.05, 0.1) is 24.8 Å². The summed E-state index contributed by atoms with van der Waals surface area (Å²) in [4.78, 5) is 12.9. The van der Waals surface area contributed by atoms with Crippen LogP contribution in [-0.4, -0.2) is 40.8 Å². The lowest BCUT2D eigenvalue weighted by atomic mass is 10.2. The minimum atomic E-state index is -4.07. The zero-order valence-corrected chi connectivity index (χ0v) is 19.2. The Hall–Kier alpha value is -3.07. The molecule has 0 saturated heterocycles. The van der Waals surface area contributed by atoms with Gasteiger partial charge < -0.3 is 9.47 Å². The van der Waals surface area contributed by atoms with Crippen molar-refractivity contribution >= 4 is 27.3 Å². The van der Waals surface area contributed by atoms with Crippen molar-refractivity contribution in [3.05, 3.63) is 48.5 Å². The summed E-state index contributed by atoms with van der Waals surface area (Å²) in [5.41, 5.74) is 3.68. The zero-order chi connectivity index (χ0) is 23.0. The van der Waals surface area contributed by atoms with Crippen LogP contribution in [0.4, 0.5) is 5.69 Å². The van der Waals surface area contributed by atoms with Gasteiger partial charge in [0.15, 0.2) is 0 Å². The lowest BCUT2D eigenvalue weighted by Crippen LogP contribution is -2.40. The molecule has 8 nitrogen and oxygen atoms in total. The van der Waals surface area contributed by atoms with Gasteiger partial charge in [0.2, 0.25) is 0 Å². The average molecular weight is 460 g/mol. The highest BCUT2D eigenvalue weighted by Crippen LogP contribution is 2.35. The van der Waals surface area contributed by atoms with Crippen LogP contribution in [0.5, 0.6) is 11.5 Å². The van der Waals surface area contributed by atoms with Crippen molar-refractivity contribution in [2.75, 3.05) is 25.1 Å². The third-order valence-corrected chi connectivity index (χ3v) is 7.07. The third kappa shape index (κ3) is 5.79. The molecule has 0 bridgehead atoms. The van der Waals surface area contributed by atoms with Gasteiger partial charge >= 0.3 is 0 Å². The molecule has 0 aliphatic heterocycles. The molecule has 172 valence electrons. The first-order valence-electron chi connectivity index (χ1n) is 10.6. The van der Waals surface area contributed by atoms with Crippen molar-refractivity contribution in [1.29, 1.82) is 0 Å². The molecule has 1 aliphatic rings. The molecule has 2 aromatic rings. The van der Waals surface area contributed by atoms with Crippen LogP contribution in [-0.2, 0) is 14.8 Å². The lowest BCUT2D eigenvalue weighted by molar-refractivity contribution is -0.119. The van der Waals surface area contributed by atoms with Gasteiger partial charge in [-0.2, -0.15) is 5.10 Å². The van der Waals surface area contributed by atoms with Crippen LogP contribution in [0.15, 0.2) is 58.5 Å². The largest absolute Gasteiger partial charge is 0.497 e. The predicted octanol–water partition coefficient (Wildman–Crippen LogP) is 3.73. The first kappa shape index (κ1) is 23.6. The van der Waals surface area contributed by atoms with E-state index in [-0.39, 0.29) is 10.6 Å². The molecular weight excluding hydrogens is 430 g/mol. The van der Waals surface area contributed by atoms with E-state index in [1.165, 1.54) is 32.4 Å². The van der Waals surface area contributed by atoms with Gasteiger partial charge in [-0.3, -0.25) is 9.10 Å². The number of carbonyl (C=O) groups is 1. The number of anilines is 1. The molecule has 2 aromatic carbocycles. The van der Waals surface area contributed by atoms with E-state index in [1.807, 2.05) is 0 Å². The Bertz CT molecular complexity index is 1040. The van der Waals surface area contributed by atoms with Crippen molar-refractivity contribution in [1.82, 2.24) is 5.43 Å². The summed E-state index contributed by atoms with van der Waals surface area (Å²) in [7, 11) is -1.14. The highest BCUT2D eigenvalue weighted by molar-refractivity contribution is 7.92. The Morgan fingerprint density at radius 2 is 1.69 bits per heavy atom. The van der Waals surface area contributed by atoms with E-state index >= 15 is 0 Å². The molecule has 0 radical (unpaired) electrons. The zero-order valence-electron chi connectivity index (χ0n) is 18.4. The van der Waals surface area contributed by atoms with Gasteiger partial charge in [-0.25, -0.2) is 13.8 Å². The average Bonchev–Trinajstić information content (AvgIpc) is 3.10. The standard InChI is InChI=1S/C23H29N3O5S/c1-30-19-14-15-22(31-2)21(16-19)26(32(28,29)20-12-8-5-9-13-20)17-23(27)25-24-18-10-6-3-4-7-11-18/h5,8-9,12-16H,3-4,6-7,10-11,17H2,1-2H3,(H,25,27). The van der Waals surface area contributed by atoms with Crippen LogP contribution in [0.25, 0.3) is 0 Å². The van der Waals surface area contributed by atoms with Gasteiger partial charge in [0, 0.05) is 11.8 Å². The maximum Gasteiger partial charge on any atom is 0.264 e. The molecule has 1 saturated carbocycles. The Labute approximate surface area is 189 Å². The fourth-order valence-electron chi connectivity index (χ4n) is 3.57. The Morgan fingerprint density at radius 1 is 1.00 bits per heavy atom. The number of nitrogens with zero attached hydrogens (tertiary/aromatic N) is 2. The third-order valence-electron chi connectivity index (χ3n) is 5.29. The molecule has 0 aromatic heterocycles. The summed E-state index contributed by atoms with van der Waals surface area (Å²) in [6.45, 7) is -0.461. The predicted molar refractivity (Wildman–Crippen MR) is 124 cm³/mol. The molecule has 1 aliphatic carbocycles. The van der Waals surface area contributed by atoms with E-state index < -0.39 is 22.5 Å². The topological polar surface area (TPSA) is 97.3 Å². The van der Waals surface area contributed by atoms with Crippen LogP contribution < -0.4 is 19.2 Å². The minimum absolute atomic E-state index is 0.0627. The number of methoxy groups -OCH3 is 2. The van der Waals surface area contributed by atoms with Crippen molar-refractivity contribution in [2.45, 2.75) is 43.4 Å². The van der Waals surface area contributed by atoms with E-state index in [9.17, 15) is 13.2 Å². The summed E-state index contributed by atoms with van der Waals surface area (Å²) in [5.74, 6) is 0.201. The maximum atomic E-state index is 13.5. The number of amides is 1. The first-order valence-corrected chi connectivity index (χ1v) is 12.0. The minimum Gasteiger partial charge on any atom is -0.497 e. The van der Waals surface area contributed by atoms with Crippen LogP contribution in [0.1, 0.15) is 38.5 Å². The van der Waals surface area contributed by atoms with Crippen molar-refractivity contribution in [2.24, 2.45) is 5.10 Å². The first-order chi connectivity index (χ1) is 15.5. The Kier molecular flexibility index (Phi) is 8.10. The second-order valence-corrected chi connectivity index (χ2v) is 9.35. The van der Waals surface area contributed by atoms with Crippen LogP contribution >= 0.6 is 0 Å². The fourth-order valence-corrected chi connectivity index (χ4v) is 5.01. The van der Waals surface area contributed by atoms with Crippen LogP contribution in [0.3, 0.4) is 0 Å². The number of sulfonamides is 1. The number of benzene rings is 2. The second-order valence-electron chi connectivity index (χ2n) is 7.49. The lowest BCUT2D eigenvalue weighted by Gasteiger charge is -2.25. The number of hydrogen-bond donors (Lipinski definition) is 1. The van der Waals surface area contributed by atoms with Gasteiger partial charge in [-0.05, 0) is 49.9 Å². The van der Waals surface area contributed by atoms with Crippen molar-refractivity contribution in [3.63, 3.8) is 0 Å². The van der Waals surface area contributed by atoms with Crippen molar-refractivity contribution < 1.29 is 22.7 Å².